The second kappa shape index (κ2) is 6.53. The first-order valence-electron chi connectivity index (χ1n) is 8.32. The second-order valence-corrected chi connectivity index (χ2v) is 6.28. The molecule has 0 fully saturated rings. The number of benzene rings is 3. The third-order valence-electron chi connectivity index (χ3n) is 4.35. The Morgan fingerprint density at radius 2 is 1.57 bits per heavy atom. The number of rotatable bonds is 2. The number of nitrogens with zero attached hydrogens (tertiary/aromatic N) is 1. The molecule has 0 bridgehead atoms. The van der Waals surface area contributed by atoms with E-state index in [1.165, 1.54) is 24.3 Å². The van der Waals surface area contributed by atoms with E-state index in [1.807, 2.05) is 0 Å². The summed E-state index contributed by atoms with van der Waals surface area (Å²) in [5.74, 6) is 0.334. The van der Waals surface area contributed by atoms with E-state index in [0.29, 0.717) is 28.0 Å². The third kappa shape index (κ3) is 3.34. The summed E-state index contributed by atoms with van der Waals surface area (Å²) in [5, 5.41) is 9.86. The van der Waals surface area contributed by atoms with Crippen LogP contribution in [0.5, 0.6) is 5.75 Å². The van der Waals surface area contributed by atoms with Crippen LogP contribution in [-0.2, 0) is 6.18 Å². The Kier molecular flexibility index (Phi) is 4.15. The lowest BCUT2D eigenvalue weighted by molar-refractivity contribution is -0.137. The zero-order valence-corrected chi connectivity index (χ0v) is 14.3. The van der Waals surface area contributed by atoms with Crippen molar-refractivity contribution in [1.29, 1.82) is 0 Å². The second-order valence-electron chi connectivity index (χ2n) is 6.28. The zero-order valence-electron chi connectivity index (χ0n) is 14.3. The Labute approximate surface area is 156 Å². The van der Waals surface area contributed by atoms with Crippen LogP contribution in [0.2, 0.25) is 0 Å². The van der Waals surface area contributed by atoms with Gasteiger partial charge in [-0.3, -0.25) is 4.79 Å². The number of hydrogen-bond donors (Lipinski definition) is 2. The fourth-order valence-corrected chi connectivity index (χ4v) is 2.98. The van der Waals surface area contributed by atoms with Gasteiger partial charge in [-0.25, -0.2) is 4.98 Å². The van der Waals surface area contributed by atoms with Gasteiger partial charge >= 0.3 is 6.18 Å². The molecule has 0 radical (unpaired) electrons. The smallest absolute Gasteiger partial charge is 0.416 e. The Balaban J connectivity index is 1.82. The molecule has 0 saturated carbocycles. The highest BCUT2D eigenvalue weighted by molar-refractivity contribution is 5.85. The van der Waals surface area contributed by atoms with Gasteiger partial charge < -0.3 is 10.1 Å². The molecule has 0 spiro atoms. The van der Waals surface area contributed by atoms with Crippen LogP contribution in [0.25, 0.3) is 33.4 Å². The van der Waals surface area contributed by atoms with Crippen LogP contribution in [-0.4, -0.2) is 15.1 Å². The summed E-state index contributed by atoms with van der Waals surface area (Å²) < 4.78 is 38.9. The molecular weight excluding hydrogens is 369 g/mol. The molecular formula is C21H13F3N2O2. The number of alkyl halides is 3. The van der Waals surface area contributed by atoms with Gasteiger partial charge in [0.2, 0.25) is 0 Å². The molecule has 4 aromatic rings. The minimum Gasteiger partial charge on any atom is -0.508 e. The predicted molar refractivity (Wildman–Crippen MR) is 99.9 cm³/mol. The number of aromatic amines is 1. The van der Waals surface area contributed by atoms with Crippen molar-refractivity contribution < 1.29 is 18.3 Å². The molecule has 1 heterocycles. The first-order chi connectivity index (χ1) is 13.3. The molecule has 0 saturated heterocycles. The van der Waals surface area contributed by atoms with Crippen molar-refractivity contribution in [3.05, 3.63) is 82.6 Å². The zero-order chi connectivity index (χ0) is 19.9. The van der Waals surface area contributed by atoms with Gasteiger partial charge in [0, 0.05) is 5.56 Å². The molecule has 140 valence electrons. The highest BCUT2D eigenvalue weighted by Crippen LogP contribution is 2.32. The topological polar surface area (TPSA) is 66.0 Å². The van der Waals surface area contributed by atoms with Crippen LogP contribution in [0, 0.1) is 0 Å². The molecule has 4 rings (SSSR count). The van der Waals surface area contributed by atoms with Gasteiger partial charge in [-0.05, 0) is 47.5 Å². The molecule has 1 aromatic heterocycles. The van der Waals surface area contributed by atoms with Crippen molar-refractivity contribution in [2.45, 2.75) is 6.18 Å². The predicted octanol–water partition coefficient (Wildman–Crippen LogP) is 4.98. The first-order valence-corrected chi connectivity index (χ1v) is 8.32. The summed E-state index contributed by atoms with van der Waals surface area (Å²) in [5.41, 5.74) is 0.608. The highest BCUT2D eigenvalue weighted by Gasteiger charge is 2.30. The third-order valence-corrected chi connectivity index (χ3v) is 4.35. The molecule has 7 heteroatoms. The van der Waals surface area contributed by atoms with Gasteiger partial charge in [-0.2, -0.15) is 13.2 Å². The average Bonchev–Trinajstić information content (AvgIpc) is 2.67. The Morgan fingerprint density at radius 1 is 0.857 bits per heavy atom. The Hall–Kier alpha value is -3.61. The van der Waals surface area contributed by atoms with Crippen molar-refractivity contribution in [2.75, 3.05) is 0 Å². The summed E-state index contributed by atoms with van der Waals surface area (Å²) in [6, 6.07) is 16.0. The largest absolute Gasteiger partial charge is 0.508 e. The van der Waals surface area contributed by atoms with Crippen LogP contribution in [0.15, 0.2) is 71.5 Å². The van der Waals surface area contributed by atoms with E-state index < -0.39 is 17.3 Å². The maximum Gasteiger partial charge on any atom is 0.416 e. The van der Waals surface area contributed by atoms with Crippen LogP contribution in [0.4, 0.5) is 13.2 Å². The fourth-order valence-electron chi connectivity index (χ4n) is 2.98. The summed E-state index contributed by atoms with van der Waals surface area (Å²) in [7, 11) is 0. The molecule has 28 heavy (non-hydrogen) atoms. The Bertz CT molecular complexity index is 1250. The lowest BCUT2D eigenvalue weighted by Gasteiger charge is -2.10. The molecule has 2 N–H and O–H groups in total. The highest BCUT2D eigenvalue weighted by atomic mass is 19.4. The van der Waals surface area contributed by atoms with Crippen molar-refractivity contribution >= 4 is 10.9 Å². The van der Waals surface area contributed by atoms with E-state index in [4.69, 9.17) is 0 Å². The van der Waals surface area contributed by atoms with Crippen LogP contribution in [0.1, 0.15) is 5.56 Å². The lowest BCUT2D eigenvalue weighted by atomic mass is 10.0. The van der Waals surface area contributed by atoms with E-state index >= 15 is 0 Å². The normalized spacial score (nSPS) is 11.7. The average molecular weight is 382 g/mol. The minimum atomic E-state index is -4.44. The van der Waals surface area contributed by atoms with Crippen molar-refractivity contribution in [2.24, 2.45) is 0 Å². The van der Waals surface area contributed by atoms with Gasteiger partial charge in [0.1, 0.15) is 11.6 Å². The van der Waals surface area contributed by atoms with Gasteiger partial charge in [0.25, 0.3) is 5.56 Å². The van der Waals surface area contributed by atoms with Crippen molar-refractivity contribution in [1.82, 2.24) is 9.97 Å². The number of halogens is 3. The van der Waals surface area contributed by atoms with Crippen LogP contribution in [0.3, 0.4) is 0 Å². The number of hydrogen-bond acceptors (Lipinski definition) is 3. The number of fused-ring (bicyclic) bond motifs is 1. The van der Waals surface area contributed by atoms with Crippen molar-refractivity contribution in [3.8, 4) is 28.3 Å². The lowest BCUT2D eigenvalue weighted by Crippen LogP contribution is -2.09. The summed E-state index contributed by atoms with van der Waals surface area (Å²) in [6.07, 6.45) is -4.44. The summed E-state index contributed by atoms with van der Waals surface area (Å²) in [6.45, 7) is 0. The van der Waals surface area contributed by atoms with Gasteiger partial charge in [-0.15, -0.1) is 0 Å². The van der Waals surface area contributed by atoms with Gasteiger partial charge in [-0.1, -0.05) is 30.3 Å². The maximum atomic E-state index is 13.0. The van der Waals surface area contributed by atoms with E-state index in [-0.39, 0.29) is 11.1 Å². The van der Waals surface area contributed by atoms with Crippen LogP contribution < -0.4 is 5.56 Å². The standard InChI is InChI=1S/C21H13F3N2O2/c22-21(23,24)15-5-1-3-12(9-15)13-7-8-18-17(11-13)20(28)26-19(25-18)14-4-2-6-16(27)10-14/h1-11,27H,(H,25,26,28). The molecule has 0 unspecified atom stereocenters. The number of H-pyrrole nitrogens is 1. The van der Waals surface area contributed by atoms with Crippen LogP contribution >= 0.6 is 0 Å². The van der Waals surface area contributed by atoms with E-state index in [9.17, 15) is 23.1 Å². The molecule has 0 atom stereocenters. The monoisotopic (exact) mass is 382 g/mol. The molecule has 0 aliphatic carbocycles. The van der Waals surface area contributed by atoms with Gasteiger partial charge in [0.15, 0.2) is 0 Å². The number of nitrogens with one attached hydrogen (secondary N) is 1. The number of phenols is 1. The van der Waals surface area contributed by atoms with Gasteiger partial charge in [0.05, 0.1) is 16.5 Å². The molecule has 0 aliphatic rings. The quantitative estimate of drug-likeness (QED) is 0.514. The maximum absolute atomic E-state index is 13.0. The first kappa shape index (κ1) is 17.8. The molecule has 3 aromatic carbocycles. The van der Waals surface area contributed by atoms with E-state index in [0.717, 1.165) is 12.1 Å². The number of phenolic OH excluding ortho intramolecular Hbond substituents is 1. The molecule has 0 aliphatic heterocycles. The molecule has 0 amide bonds. The molecule has 4 nitrogen and oxygen atoms in total. The SMILES string of the molecule is O=c1[nH]c(-c2cccc(O)c2)nc2ccc(-c3cccc(C(F)(F)F)c3)cc12. The fraction of sp³-hybridized carbons (Fsp3) is 0.0476. The summed E-state index contributed by atoms with van der Waals surface area (Å²) >= 11 is 0. The van der Waals surface area contributed by atoms with E-state index in [2.05, 4.69) is 9.97 Å². The van der Waals surface area contributed by atoms with Crippen molar-refractivity contribution in [3.63, 3.8) is 0 Å². The number of aromatic hydroxyl groups is 1. The minimum absolute atomic E-state index is 0.0418. The summed E-state index contributed by atoms with van der Waals surface area (Å²) in [4.78, 5) is 19.6. The number of aromatic nitrogens is 2. The van der Waals surface area contributed by atoms with E-state index in [1.54, 1.807) is 30.3 Å². The Morgan fingerprint density at radius 3 is 2.32 bits per heavy atom.